The van der Waals surface area contributed by atoms with Crippen LogP contribution in [0.15, 0.2) is 56.6 Å². The predicted octanol–water partition coefficient (Wildman–Crippen LogP) is 1.80. The molecule has 0 bridgehead atoms. The molecule has 4 aromatic rings. The number of fused-ring (bicyclic) bond motifs is 2. The van der Waals surface area contributed by atoms with Gasteiger partial charge in [-0.25, -0.2) is 0 Å². The average Bonchev–Trinajstić information content (AvgIpc) is 3.66. The maximum absolute atomic E-state index is 5.60. The van der Waals surface area contributed by atoms with E-state index < -0.39 is 0 Å². The molecular formula is C24H19B2N6S2. The maximum Gasteiger partial charge on any atom is 0.131 e. The summed E-state index contributed by atoms with van der Waals surface area (Å²) in [4.78, 5) is 33.2. The van der Waals surface area contributed by atoms with Crippen LogP contribution in [0.25, 0.3) is 21.0 Å². The lowest BCUT2D eigenvalue weighted by atomic mass is 9.53. The zero-order chi connectivity index (χ0) is 23.1. The lowest BCUT2D eigenvalue weighted by Crippen LogP contribution is -2.33. The van der Waals surface area contributed by atoms with Crippen LogP contribution >= 0.6 is 22.7 Å². The van der Waals surface area contributed by atoms with Crippen molar-refractivity contribution >= 4 is 37.6 Å². The molecule has 0 amide bonds. The van der Waals surface area contributed by atoms with E-state index >= 15 is 0 Å². The number of hydrogen-bond acceptors (Lipinski definition) is 8. The molecule has 4 aromatic heterocycles. The van der Waals surface area contributed by atoms with Gasteiger partial charge in [0.05, 0.1) is 28.5 Å². The molecule has 10 heteroatoms. The first-order valence-electron chi connectivity index (χ1n) is 11.2. The van der Waals surface area contributed by atoms with Gasteiger partial charge in [-0.2, -0.15) is 0 Å². The molecule has 0 spiro atoms. The van der Waals surface area contributed by atoms with Crippen LogP contribution < -0.4 is 21.4 Å². The van der Waals surface area contributed by atoms with E-state index in [-0.39, 0.29) is 0 Å². The molecule has 6 heterocycles. The van der Waals surface area contributed by atoms with Crippen molar-refractivity contribution < 1.29 is 0 Å². The fourth-order valence-corrected chi connectivity index (χ4v) is 6.25. The van der Waals surface area contributed by atoms with Crippen molar-refractivity contribution in [1.82, 2.24) is 9.97 Å². The van der Waals surface area contributed by atoms with Gasteiger partial charge in [0.2, 0.25) is 0 Å². The Kier molecular flexibility index (Phi) is 5.71. The van der Waals surface area contributed by atoms with Gasteiger partial charge >= 0.3 is 0 Å². The molecule has 0 aliphatic carbocycles. The van der Waals surface area contributed by atoms with Gasteiger partial charge in [-0.3, -0.25) is 29.9 Å². The second kappa shape index (κ2) is 9.00. The van der Waals surface area contributed by atoms with Crippen molar-refractivity contribution in [3.63, 3.8) is 0 Å². The molecule has 0 N–H and O–H groups in total. The highest BCUT2D eigenvalue weighted by Gasteiger charge is 2.17. The summed E-state index contributed by atoms with van der Waals surface area (Å²) >= 11 is 3.49. The van der Waals surface area contributed by atoms with Gasteiger partial charge in [0.15, 0.2) is 0 Å². The second-order valence-corrected chi connectivity index (χ2v) is 10.4. The monoisotopic (exact) mass is 477 g/mol. The fraction of sp³-hybridized carbons (Fsp3) is 0.250. The van der Waals surface area contributed by atoms with Crippen LogP contribution in [0.4, 0.5) is 0 Å². The summed E-state index contributed by atoms with van der Waals surface area (Å²) < 4.78 is 0. The summed E-state index contributed by atoms with van der Waals surface area (Å²) in [7, 11) is 7.28. The minimum Gasteiger partial charge on any atom is -0.259 e. The number of pyridine rings is 2. The highest BCUT2D eigenvalue weighted by molar-refractivity contribution is 7.16. The number of rotatable bonds is 7. The fourth-order valence-electron chi connectivity index (χ4n) is 4.31. The van der Waals surface area contributed by atoms with Gasteiger partial charge in [0, 0.05) is 47.4 Å². The van der Waals surface area contributed by atoms with E-state index in [4.69, 9.17) is 22.7 Å². The predicted molar refractivity (Wildman–Crippen MR) is 137 cm³/mol. The molecule has 0 saturated carbocycles. The maximum atomic E-state index is 5.60. The first kappa shape index (κ1) is 21.6. The Morgan fingerprint density at radius 3 is 2.38 bits per heavy atom. The van der Waals surface area contributed by atoms with E-state index in [0.29, 0.717) is 19.8 Å². The summed E-state index contributed by atoms with van der Waals surface area (Å²) in [5.41, 5.74) is 3.86. The molecule has 163 valence electrons. The quantitative estimate of drug-likeness (QED) is 0.381. The molecule has 0 unspecified atom stereocenters. The average molecular weight is 477 g/mol. The van der Waals surface area contributed by atoms with Crippen LogP contribution in [-0.4, -0.2) is 38.2 Å². The van der Waals surface area contributed by atoms with Crippen LogP contribution in [0.3, 0.4) is 0 Å². The Labute approximate surface area is 206 Å². The zero-order valence-corrected chi connectivity index (χ0v) is 20.3. The third-order valence-electron chi connectivity index (χ3n) is 5.97. The summed E-state index contributed by atoms with van der Waals surface area (Å²) in [6.45, 7) is 3.04. The highest BCUT2D eigenvalue weighted by Crippen LogP contribution is 2.26. The molecule has 0 fully saturated rings. The Bertz CT molecular complexity index is 1660. The Hall–Kier alpha value is -2.97. The van der Waals surface area contributed by atoms with Gasteiger partial charge in [0.1, 0.15) is 29.7 Å². The molecule has 0 saturated heterocycles. The van der Waals surface area contributed by atoms with E-state index in [9.17, 15) is 0 Å². The standard InChI is InChI=1S/C24H19B2N6S2/c1-2-14-3-6-19(33-14)23-24-20(29-11-32-24)13(9-28-23)7-17-22-21(30-12-31-22)16(10-27-17)18-5-4-15(34-18)8-26-25/h3-6,9-10H,2,7-8,11-12H2,1H3. The third-order valence-corrected chi connectivity index (χ3v) is 8.34. The summed E-state index contributed by atoms with van der Waals surface area (Å²) in [6, 6.07) is 8.51. The lowest BCUT2D eigenvalue weighted by Gasteiger charge is -2.05. The van der Waals surface area contributed by atoms with Gasteiger partial charge in [-0.15, -0.1) is 22.7 Å². The molecular weight excluding hydrogens is 458 g/mol. The van der Waals surface area contributed by atoms with Gasteiger partial charge in [-0.1, -0.05) is 13.2 Å². The van der Waals surface area contributed by atoms with Crippen molar-refractivity contribution in [2.45, 2.75) is 26.1 Å². The van der Waals surface area contributed by atoms with Crippen molar-refractivity contribution in [1.29, 1.82) is 0 Å². The van der Waals surface area contributed by atoms with Crippen molar-refractivity contribution in [3.8, 4) is 21.0 Å². The number of thiophene rings is 2. The Balaban J connectivity index is 1.38. The molecule has 2 aliphatic rings. The lowest BCUT2D eigenvalue weighted by molar-refractivity contribution is 0.979. The minimum absolute atomic E-state index is 0.434. The molecule has 3 radical (unpaired) electrons. The van der Waals surface area contributed by atoms with Crippen molar-refractivity contribution in [3.05, 3.63) is 79.1 Å². The zero-order valence-electron chi connectivity index (χ0n) is 18.7. The van der Waals surface area contributed by atoms with Crippen LogP contribution in [0.1, 0.15) is 27.9 Å². The third kappa shape index (κ3) is 3.75. The normalized spacial score (nSPS) is 13.4. The van der Waals surface area contributed by atoms with Crippen LogP contribution in [0.2, 0.25) is 0 Å². The number of hydrogen-bond donors (Lipinski definition) is 0. The van der Waals surface area contributed by atoms with Gasteiger partial charge in [0.25, 0.3) is 0 Å². The van der Waals surface area contributed by atoms with E-state index in [2.05, 4.69) is 46.2 Å². The molecule has 2 aliphatic heterocycles. The summed E-state index contributed by atoms with van der Waals surface area (Å²) in [5.74, 6) is 0. The first-order chi connectivity index (χ1) is 16.7. The first-order valence-corrected chi connectivity index (χ1v) is 12.8. The summed E-state index contributed by atoms with van der Waals surface area (Å²) in [5, 5.41) is 3.60. The van der Waals surface area contributed by atoms with Crippen LogP contribution in [0, 0.1) is 0 Å². The van der Waals surface area contributed by atoms with E-state index in [1.54, 1.807) is 29.8 Å². The second-order valence-electron chi connectivity index (χ2n) is 8.06. The topological polar surface area (TPSA) is 75.2 Å². The largest absolute Gasteiger partial charge is 0.259 e. The Morgan fingerprint density at radius 2 is 1.56 bits per heavy atom. The van der Waals surface area contributed by atoms with E-state index in [1.807, 2.05) is 12.4 Å². The van der Waals surface area contributed by atoms with Crippen molar-refractivity contribution in [2.75, 3.05) is 13.3 Å². The Morgan fingerprint density at radius 1 is 0.824 bits per heavy atom. The van der Waals surface area contributed by atoms with Crippen LogP contribution in [-0.2, 0) is 19.2 Å². The van der Waals surface area contributed by atoms with Crippen LogP contribution in [0.5, 0.6) is 0 Å². The smallest absolute Gasteiger partial charge is 0.131 e. The SMILES string of the molecule is [B][B]Cc1ccc(-c2cnc(Cc3cnc(-c4ccc(CC)s4)c4c3=NCN=4)c3c2=NCN=3)s1. The van der Waals surface area contributed by atoms with Crippen molar-refractivity contribution in [2.24, 2.45) is 20.0 Å². The molecule has 0 atom stereocenters. The van der Waals surface area contributed by atoms with E-state index in [0.717, 1.165) is 66.4 Å². The van der Waals surface area contributed by atoms with E-state index in [1.165, 1.54) is 9.75 Å². The molecule has 6 nitrogen and oxygen atoms in total. The minimum atomic E-state index is 0.434. The van der Waals surface area contributed by atoms with Gasteiger partial charge < -0.3 is 0 Å². The highest BCUT2D eigenvalue weighted by atomic mass is 32.1. The molecule has 0 aromatic carbocycles. The molecule has 6 rings (SSSR count). The number of nitrogens with zero attached hydrogens (tertiary/aromatic N) is 6. The summed E-state index contributed by atoms with van der Waals surface area (Å²) in [6.07, 6.45) is 6.22. The number of aryl methyl sites for hydroxylation is 1. The van der Waals surface area contributed by atoms with Gasteiger partial charge in [-0.05, 0) is 35.6 Å². The molecule has 34 heavy (non-hydrogen) atoms. The number of aromatic nitrogens is 2.